The van der Waals surface area contributed by atoms with Crippen LogP contribution in [0.1, 0.15) is 24.4 Å². The van der Waals surface area contributed by atoms with Gasteiger partial charge in [0.2, 0.25) is 0 Å². The number of hydrogen-bond donors (Lipinski definition) is 1. The summed E-state index contributed by atoms with van der Waals surface area (Å²) in [5, 5.41) is 3.41. The molecule has 0 radical (unpaired) electrons. The molecular formula is C17H28N2O2. The molecule has 118 valence electrons. The second-order valence-corrected chi connectivity index (χ2v) is 5.89. The maximum atomic E-state index is 5.57. The fourth-order valence-electron chi connectivity index (χ4n) is 3.08. The van der Waals surface area contributed by atoms with Crippen LogP contribution in [-0.2, 0) is 4.74 Å². The smallest absolute Gasteiger partial charge is 0.123 e. The van der Waals surface area contributed by atoms with E-state index in [4.69, 9.17) is 9.47 Å². The van der Waals surface area contributed by atoms with Crippen molar-refractivity contribution >= 4 is 0 Å². The van der Waals surface area contributed by atoms with Crippen molar-refractivity contribution in [2.24, 2.45) is 5.92 Å². The van der Waals surface area contributed by atoms with Gasteiger partial charge >= 0.3 is 0 Å². The molecule has 21 heavy (non-hydrogen) atoms. The normalized spacial score (nSPS) is 20.5. The summed E-state index contributed by atoms with van der Waals surface area (Å²) >= 11 is 0. The van der Waals surface area contributed by atoms with Gasteiger partial charge in [-0.3, -0.25) is 0 Å². The van der Waals surface area contributed by atoms with Crippen LogP contribution in [-0.4, -0.2) is 52.4 Å². The highest BCUT2D eigenvalue weighted by Crippen LogP contribution is 2.25. The molecule has 0 saturated carbocycles. The van der Waals surface area contributed by atoms with E-state index in [1.54, 1.807) is 7.11 Å². The molecule has 0 bridgehead atoms. The Morgan fingerprint density at radius 1 is 1.43 bits per heavy atom. The molecule has 1 N–H and O–H groups in total. The third-order valence-electron chi connectivity index (χ3n) is 4.18. The Kier molecular flexibility index (Phi) is 6.49. The average Bonchev–Trinajstić information content (AvgIpc) is 2.53. The number of rotatable bonds is 7. The maximum Gasteiger partial charge on any atom is 0.123 e. The van der Waals surface area contributed by atoms with E-state index in [0.717, 1.165) is 32.1 Å². The van der Waals surface area contributed by atoms with Crippen LogP contribution in [0.15, 0.2) is 24.3 Å². The van der Waals surface area contributed by atoms with Crippen molar-refractivity contribution in [2.75, 3.05) is 47.5 Å². The van der Waals surface area contributed by atoms with Gasteiger partial charge in [0.25, 0.3) is 0 Å². The number of nitrogens with one attached hydrogen (secondary N) is 1. The molecule has 0 spiro atoms. The molecule has 1 fully saturated rings. The minimum atomic E-state index is 0.274. The number of benzene rings is 1. The number of methoxy groups -OCH3 is 1. The van der Waals surface area contributed by atoms with Crippen LogP contribution in [0, 0.1) is 5.92 Å². The van der Waals surface area contributed by atoms with E-state index in [2.05, 4.69) is 29.4 Å². The molecule has 0 aromatic heterocycles. The van der Waals surface area contributed by atoms with Crippen LogP contribution >= 0.6 is 0 Å². The third-order valence-corrected chi connectivity index (χ3v) is 4.18. The highest BCUT2D eigenvalue weighted by Gasteiger charge is 2.20. The molecular weight excluding hydrogens is 264 g/mol. The molecule has 1 aromatic rings. The zero-order valence-corrected chi connectivity index (χ0v) is 13.5. The predicted molar refractivity (Wildman–Crippen MR) is 85.8 cm³/mol. The molecule has 2 rings (SSSR count). The Morgan fingerprint density at radius 3 is 2.90 bits per heavy atom. The average molecular weight is 292 g/mol. The zero-order chi connectivity index (χ0) is 15.1. The zero-order valence-electron chi connectivity index (χ0n) is 13.5. The van der Waals surface area contributed by atoms with Crippen LogP contribution in [0.4, 0.5) is 0 Å². The van der Waals surface area contributed by atoms with Crippen LogP contribution in [0.5, 0.6) is 5.75 Å². The Labute approximate surface area is 128 Å². The van der Waals surface area contributed by atoms with E-state index < -0.39 is 0 Å². The Bertz CT molecular complexity index is 419. The van der Waals surface area contributed by atoms with Crippen molar-refractivity contribution in [3.05, 3.63) is 29.8 Å². The predicted octanol–water partition coefficient (Wildman–Crippen LogP) is 2.31. The molecule has 4 nitrogen and oxygen atoms in total. The lowest BCUT2D eigenvalue weighted by Crippen LogP contribution is -2.36. The molecule has 1 aliphatic heterocycles. The van der Waals surface area contributed by atoms with E-state index in [9.17, 15) is 0 Å². The summed E-state index contributed by atoms with van der Waals surface area (Å²) in [6.45, 7) is 3.89. The van der Waals surface area contributed by atoms with Gasteiger partial charge in [0.15, 0.2) is 0 Å². The molecule has 1 aromatic carbocycles. The van der Waals surface area contributed by atoms with Crippen LogP contribution in [0.3, 0.4) is 0 Å². The number of para-hydroxylation sites is 1. The van der Waals surface area contributed by atoms with E-state index in [-0.39, 0.29) is 6.04 Å². The fraction of sp³-hybridized carbons (Fsp3) is 0.647. The first-order valence-electron chi connectivity index (χ1n) is 7.81. The lowest BCUT2D eigenvalue weighted by atomic mass is 10.0. The van der Waals surface area contributed by atoms with Gasteiger partial charge in [0, 0.05) is 31.3 Å². The SMILES string of the molecule is CNC(CN(C)CC1CCCOC1)c1ccccc1OC. The van der Waals surface area contributed by atoms with Crippen molar-refractivity contribution in [1.82, 2.24) is 10.2 Å². The van der Waals surface area contributed by atoms with Gasteiger partial charge in [0.05, 0.1) is 13.7 Å². The van der Waals surface area contributed by atoms with Crippen molar-refractivity contribution in [3.8, 4) is 5.75 Å². The second-order valence-electron chi connectivity index (χ2n) is 5.89. The lowest BCUT2D eigenvalue weighted by molar-refractivity contribution is 0.0410. The monoisotopic (exact) mass is 292 g/mol. The number of ether oxygens (including phenoxy) is 2. The van der Waals surface area contributed by atoms with Gasteiger partial charge in [-0.05, 0) is 38.9 Å². The van der Waals surface area contributed by atoms with Crippen molar-refractivity contribution in [1.29, 1.82) is 0 Å². The molecule has 0 amide bonds. The molecule has 1 saturated heterocycles. The molecule has 2 atom stereocenters. The van der Waals surface area contributed by atoms with E-state index in [0.29, 0.717) is 5.92 Å². The van der Waals surface area contributed by atoms with Gasteiger partial charge in [-0.15, -0.1) is 0 Å². The lowest BCUT2D eigenvalue weighted by Gasteiger charge is -2.30. The molecule has 2 unspecified atom stereocenters. The van der Waals surface area contributed by atoms with Gasteiger partial charge in [0.1, 0.15) is 5.75 Å². The topological polar surface area (TPSA) is 33.7 Å². The largest absolute Gasteiger partial charge is 0.496 e. The minimum Gasteiger partial charge on any atom is -0.496 e. The Morgan fingerprint density at radius 2 is 2.24 bits per heavy atom. The van der Waals surface area contributed by atoms with E-state index >= 15 is 0 Å². The summed E-state index contributed by atoms with van der Waals surface area (Å²) in [6, 6.07) is 8.51. The van der Waals surface area contributed by atoms with Gasteiger partial charge < -0.3 is 19.7 Å². The molecule has 0 aliphatic carbocycles. The molecule has 1 heterocycles. The van der Waals surface area contributed by atoms with Crippen molar-refractivity contribution < 1.29 is 9.47 Å². The van der Waals surface area contributed by atoms with Gasteiger partial charge in [-0.1, -0.05) is 18.2 Å². The van der Waals surface area contributed by atoms with Crippen LogP contribution in [0.2, 0.25) is 0 Å². The highest BCUT2D eigenvalue weighted by atomic mass is 16.5. The molecule has 4 heteroatoms. The third kappa shape index (κ3) is 4.70. The maximum absolute atomic E-state index is 5.57. The molecule has 1 aliphatic rings. The number of nitrogens with zero attached hydrogens (tertiary/aromatic N) is 1. The standard InChI is InChI=1S/C17H28N2O2/c1-18-16(15-8-4-5-9-17(15)20-3)12-19(2)11-14-7-6-10-21-13-14/h4-5,8-9,14,16,18H,6-7,10-13H2,1-3H3. The Balaban J connectivity index is 1.94. The minimum absolute atomic E-state index is 0.274. The van der Waals surface area contributed by atoms with E-state index in [1.807, 2.05) is 19.2 Å². The van der Waals surface area contributed by atoms with Gasteiger partial charge in [-0.25, -0.2) is 0 Å². The summed E-state index contributed by atoms with van der Waals surface area (Å²) < 4.78 is 11.1. The van der Waals surface area contributed by atoms with Gasteiger partial charge in [-0.2, -0.15) is 0 Å². The first-order valence-corrected chi connectivity index (χ1v) is 7.81. The summed E-state index contributed by atoms with van der Waals surface area (Å²) in [6.07, 6.45) is 2.48. The quantitative estimate of drug-likeness (QED) is 0.836. The van der Waals surface area contributed by atoms with E-state index in [1.165, 1.54) is 18.4 Å². The summed E-state index contributed by atoms with van der Waals surface area (Å²) in [5.41, 5.74) is 1.22. The van der Waals surface area contributed by atoms with Crippen molar-refractivity contribution in [3.63, 3.8) is 0 Å². The number of likely N-dealkylation sites (N-methyl/N-ethyl adjacent to an activating group) is 2. The summed E-state index contributed by atoms with van der Waals surface area (Å²) in [7, 11) is 5.93. The first kappa shape index (κ1) is 16.3. The second kappa shape index (κ2) is 8.37. The highest BCUT2D eigenvalue weighted by molar-refractivity contribution is 5.36. The van der Waals surface area contributed by atoms with Crippen LogP contribution in [0.25, 0.3) is 0 Å². The Hall–Kier alpha value is -1.10. The number of hydrogen-bond acceptors (Lipinski definition) is 4. The first-order chi connectivity index (χ1) is 10.2. The summed E-state index contributed by atoms with van der Waals surface area (Å²) in [5.74, 6) is 1.62. The fourth-order valence-corrected chi connectivity index (χ4v) is 3.08. The summed E-state index contributed by atoms with van der Waals surface area (Å²) in [4.78, 5) is 2.40. The van der Waals surface area contributed by atoms with Crippen LogP contribution < -0.4 is 10.1 Å². The van der Waals surface area contributed by atoms with Crippen molar-refractivity contribution in [2.45, 2.75) is 18.9 Å².